The summed E-state index contributed by atoms with van der Waals surface area (Å²) in [5.41, 5.74) is 2.01. The molecule has 1 aromatic rings. The van der Waals surface area contributed by atoms with E-state index in [0.717, 1.165) is 25.2 Å². The van der Waals surface area contributed by atoms with Crippen LogP contribution in [0.3, 0.4) is 0 Å². The number of hydrogen-bond donors (Lipinski definition) is 2. The third-order valence-electron chi connectivity index (χ3n) is 5.67. The lowest BCUT2D eigenvalue weighted by molar-refractivity contribution is 0.126. The molecule has 0 bridgehead atoms. The van der Waals surface area contributed by atoms with Crippen molar-refractivity contribution in [3.05, 3.63) is 35.4 Å². The molecular formula is C20H29N3O. The number of nitrogens with zero attached hydrogens (tertiary/aromatic N) is 2. The maximum atomic E-state index is 9.57. The van der Waals surface area contributed by atoms with Gasteiger partial charge in [0.25, 0.3) is 0 Å². The monoisotopic (exact) mass is 327 g/mol. The largest absolute Gasteiger partial charge is 0.396 e. The van der Waals surface area contributed by atoms with E-state index < -0.39 is 0 Å². The van der Waals surface area contributed by atoms with Crippen LogP contribution in [-0.4, -0.2) is 41.8 Å². The standard InChI is InChI=1S/C20H29N3O/c21-13-16-5-7-17(8-6-16)14-23-11-9-19(10-12-23)22-20-4-2-1-3-18(20)15-24/h5-8,18-20,22,24H,1-4,9-12,14-15H2. The second-order valence-corrected chi connectivity index (χ2v) is 7.36. The summed E-state index contributed by atoms with van der Waals surface area (Å²) in [5, 5.41) is 22.3. The number of likely N-dealkylation sites (tertiary alicyclic amines) is 1. The number of aliphatic hydroxyl groups excluding tert-OH is 1. The van der Waals surface area contributed by atoms with Crippen LogP contribution in [-0.2, 0) is 6.54 Å². The summed E-state index contributed by atoms with van der Waals surface area (Å²) < 4.78 is 0. The SMILES string of the molecule is N#Cc1ccc(CN2CCC(NC3CCCCC3CO)CC2)cc1. The molecule has 1 saturated carbocycles. The minimum Gasteiger partial charge on any atom is -0.396 e. The zero-order valence-electron chi connectivity index (χ0n) is 14.5. The molecule has 4 nitrogen and oxygen atoms in total. The van der Waals surface area contributed by atoms with Crippen LogP contribution in [0.2, 0.25) is 0 Å². The van der Waals surface area contributed by atoms with Crippen LogP contribution in [0.4, 0.5) is 0 Å². The van der Waals surface area contributed by atoms with Gasteiger partial charge in [-0.1, -0.05) is 25.0 Å². The van der Waals surface area contributed by atoms with Gasteiger partial charge in [-0.15, -0.1) is 0 Å². The topological polar surface area (TPSA) is 59.3 Å². The normalized spacial score (nSPS) is 26.2. The molecule has 2 unspecified atom stereocenters. The molecule has 2 fully saturated rings. The van der Waals surface area contributed by atoms with E-state index in [1.165, 1.54) is 44.1 Å². The van der Waals surface area contributed by atoms with Gasteiger partial charge in [-0.25, -0.2) is 0 Å². The number of benzene rings is 1. The Bertz CT molecular complexity index is 543. The maximum Gasteiger partial charge on any atom is 0.0991 e. The number of hydrogen-bond acceptors (Lipinski definition) is 4. The lowest BCUT2D eigenvalue weighted by atomic mass is 9.84. The van der Waals surface area contributed by atoms with Crippen molar-refractivity contribution in [1.82, 2.24) is 10.2 Å². The number of piperidine rings is 1. The van der Waals surface area contributed by atoms with E-state index in [2.05, 4.69) is 28.4 Å². The Morgan fingerprint density at radius 2 is 1.79 bits per heavy atom. The van der Waals surface area contributed by atoms with E-state index in [9.17, 15) is 5.11 Å². The van der Waals surface area contributed by atoms with Gasteiger partial charge < -0.3 is 10.4 Å². The zero-order valence-corrected chi connectivity index (χ0v) is 14.5. The van der Waals surface area contributed by atoms with Crippen molar-refractivity contribution in [2.24, 2.45) is 5.92 Å². The van der Waals surface area contributed by atoms with Gasteiger partial charge in [0.15, 0.2) is 0 Å². The van der Waals surface area contributed by atoms with Gasteiger partial charge in [-0.2, -0.15) is 5.26 Å². The van der Waals surface area contributed by atoms with Crippen LogP contribution < -0.4 is 5.32 Å². The Hall–Kier alpha value is -1.41. The van der Waals surface area contributed by atoms with Crippen molar-refractivity contribution in [1.29, 1.82) is 5.26 Å². The maximum absolute atomic E-state index is 9.57. The molecule has 1 aliphatic heterocycles. The molecule has 3 rings (SSSR count). The van der Waals surface area contributed by atoms with Crippen molar-refractivity contribution in [3.63, 3.8) is 0 Å². The molecule has 0 spiro atoms. The number of rotatable bonds is 5. The first-order valence-electron chi connectivity index (χ1n) is 9.37. The molecule has 1 saturated heterocycles. The summed E-state index contributed by atoms with van der Waals surface area (Å²) in [4.78, 5) is 2.50. The fourth-order valence-corrected chi connectivity index (χ4v) is 4.15. The second-order valence-electron chi connectivity index (χ2n) is 7.36. The second kappa shape index (κ2) is 8.62. The molecular weight excluding hydrogens is 298 g/mol. The van der Waals surface area contributed by atoms with Crippen LogP contribution in [0.25, 0.3) is 0 Å². The van der Waals surface area contributed by atoms with E-state index in [4.69, 9.17) is 5.26 Å². The minimum atomic E-state index is 0.329. The average molecular weight is 327 g/mol. The highest BCUT2D eigenvalue weighted by Crippen LogP contribution is 2.25. The highest BCUT2D eigenvalue weighted by Gasteiger charge is 2.28. The Labute approximate surface area is 145 Å². The molecule has 0 aromatic heterocycles. The van der Waals surface area contributed by atoms with E-state index in [-0.39, 0.29) is 0 Å². The fourth-order valence-electron chi connectivity index (χ4n) is 4.15. The number of aliphatic hydroxyl groups is 1. The molecule has 24 heavy (non-hydrogen) atoms. The van der Waals surface area contributed by atoms with E-state index in [0.29, 0.717) is 24.6 Å². The van der Waals surface area contributed by atoms with Gasteiger partial charge in [0.05, 0.1) is 11.6 Å². The van der Waals surface area contributed by atoms with Gasteiger partial charge in [0, 0.05) is 25.2 Å². The Morgan fingerprint density at radius 1 is 1.08 bits per heavy atom. The molecule has 2 aliphatic rings. The van der Waals surface area contributed by atoms with Crippen molar-refractivity contribution >= 4 is 0 Å². The Morgan fingerprint density at radius 3 is 2.46 bits per heavy atom. The van der Waals surface area contributed by atoms with Gasteiger partial charge >= 0.3 is 0 Å². The Balaban J connectivity index is 1.44. The van der Waals surface area contributed by atoms with Gasteiger partial charge in [-0.3, -0.25) is 4.90 Å². The molecule has 1 heterocycles. The lowest BCUT2D eigenvalue weighted by Crippen LogP contribution is -2.49. The number of nitrogens with one attached hydrogen (secondary N) is 1. The fraction of sp³-hybridized carbons (Fsp3) is 0.650. The van der Waals surface area contributed by atoms with Crippen LogP contribution in [0, 0.1) is 17.2 Å². The molecule has 1 aliphatic carbocycles. The molecule has 2 N–H and O–H groups in total. The predicted molar refractivity (Wildman–Crippen MR) is 95.4 cm³/mol. The predicted octanol–water partition coefficient (Wildman–Crippen LogP) is 2.66. The summed E-state index contributed by atoms with van der Waals surface area (Å²) in [7, 11) is 0. The first-order chi connectivity index (χ1) is 11.8. The quantitative estimate of drug-likeness (QED) is 0.873. The molecule has 0 radical (unpaired) electrons. The third kappa shape index (κ3) is 4.57. The van der Waals surface area contributed by atoms with E-state index >= 15 is 0 Å². The molecule has 0 amide bonds. The van der Waals surface area contributed by atoms with Crippen LogP contribution in [0.15, 0.2) is 24.3 Å². The van der Waals surface area contributed by atoms with Crippen molar-refractivity contribution in [2.75, 3.05) is 19.7 Å². The lowest BCUT2D eigenvalue weighted by Gasteiger charge is -2.38. The summed E-state index contributed by atoms with van der Waals surface area (Å²) in [6.07, 6.45) is 7.33. The summed E-state index contributed by atoms with van der Waals surface area (Å²) >= 11 is 0. The average Bonchev–Trinajstić information content (AvgIpc) is 2.64. The highest BCUT2D eigenvalue weighted by molar-refractivity contribution is 5.31. The van der Waals surface area contributed by atoms with Crippen molar-refractivity contribution < 1.29 is 5.11 Å². The van der Waals surface area contributed by atoms with E-state index in [1.807, 2.05) is 12.1 Å². The van der Waals surface area contributed by atoms with Crippen LogP contribution >= 0.6 is 0 Å². The summed E-state index contributed by atoms with van der Waals surface area (Å²) in [5.74, 6) is 0.454. The van der Waals surface area contributed by atoms with Gasteiger partial charge in [-0.05, 0) is 62.4 Å². The smallest absolute Gasteiger partial charge is 0.0991 e. The molecule has 130 valence electrons. The number of nitriles is 1. The van der Waals surface area contributed by atoms with Crippen molar-refractivity contribution in [3.8, 4) is 6.07 Å². The van der Waals surface area contributed by atoms with Gasteiger partial charge in [0.2, 0.25) is 0 Å². The van der Waals surface area contributed by atoms with Gasteiger partial charge in [0.1, 0.15) is 0 Å². The third-order valence-corrected chi connectivity index (χ3v) is 5.67. The summed E-state index contributed by atoms with van der Waals surface area (Å²) in [6.45, 7) is 3.54. The minimum absolute atomic E-state index is 0.329. The molecule has 1 aromatic carbocycles. The van der Waals surface area contributed by atoms with Crippen LogP contribution in [0.1, 0.15) is 49.7 Å². The summed E-state index contributed by atoms with van der Waals surface area (Å²) in [6, 6.07) is 11.2. The highest BCUT2D eigenvalue weighted by atomic mass is 16.3. The van der Waals surface area contributed by atoms with E-state index in [1.54, 1.807) is 0 Å². The Kier molecular flexibility index (Phi) is 6.25. The van der Waals surface area contributed by atoms with Crippen LogP contribution in [0.5, 0.6) is 0 Å². The van der Waals surface area contributed by atoms with Crippen molar-refractivity contribution in [2.45, 2.75) is 57.2 Å². The molecule has 2 atom stereocenters. The zero-order chi connectivity index (χ0) is 16.8. The first kappa shape index (κ1) is 17.4. The first-order valence-corrected chi connectivity index (χ1v) is 9.37. The molecule has 4 heteroatoms.